The minimum Gasteiger partial charge on any atom is -0.489 e. The summed E-state index contributed by atoms with van der Waals surface area (Å²) in [4.78, 5) is 24.2. The van der Waals surface area contributed by atoms with Crippen molar-refractivity contribution in [1.29, 1.82) is 0 Å². The molecule has 0 atom stereocenters. The molecular weight excluding hydrogens is 559 g/mol. The molecule has 1 aliphatic carbocycles. The monoisotopic (exact) mass is 587 g/mol. The number of rotatable bonds is 6. The van der Waals surface area contributed by atoms with E-state index in [-0.39, 0.29) is 34.8 Å². The summed E-state index contributed by atoms with van der Waals surface area (Å²) in [7, 11) is 0. The molecule has 1 fully saturated rings. The van der Waals surface area contributed by atoms with Crippen LogP contribution in [0.2, 0.25) is 0 Å². The Labute approximate surface area is 210 Å². The van der Waals surface area contributed by atoms with Crippen LogP contribution < -0.4 is 21.1 Å². The van der Waals surface area contributed by atoms with Gasteiger partial charge in [0.1, 0.15) is 28.5 Å². The number of nitrogens with one attached hydrogen (secondary N) is 2. The van der Waals surface area contributed by atoms with Crippen molar-refractivity contribution in [2.45, 2.75) is 64.2 Å². The molecule has 2 aromatic carbocycles. The predicted octanol–water partition coefficient (Wildman–Crippen LogP) is 5.63. The van der Waals surface area contributed by atoms with Gasteiger partial charge in [0, 0.05) is 15.7 Å². The largest absolute Gasteiger partial charge is 0.489 e. The van der Waals surface area contributed by atoms with E-state index in [9.17, 15) is 18.4 Å². The summed E-state index contributed by atoms with van der Waals surface area (Å²) in [5.41, 5.74) is 5.02. The quantitative estimate of drug-likeness (QED) is 0.381. The van der Waals surface area contributed by atoms with E-state index in [1.165, 1.54) is 12.1 Å². The van der Waals surface area contributed by atoms with Gasteiger partial charge >= 0.3 is 6.09 Å². The lowest BCUT2D eigenvalue weighted by molar-refractivity contribution is 0.0469. The van der Waals surface area contributed by atoms with Crippen molar-refractivity contribution in [2.75, 3.05) is 5.32 Å². The molecule has 0 spiro atoms. The molecule has 0 aliphatic heterocycles. The van der Waals surface area contributed by atoms with Crippen molar-refractivity contribution in [1.82, 2.24) is 5.32 Å². The molecule has 2 aromatic rings. The highest BCUT2D eigenvalue weighted by Crippen LogP contribution is 2.34. The van der Waals surface area contributed by atoms with Gasteiger partial charge in [0.25, 0.3) is 5.91 Å². The highest BCUT2D eigenvalue weighted by molar-refractivity contribution is 14.1. The summed E-state index contributed by atoms with van der Waals surface area (Å²) in [6.07, 6.45) is 1.62. The van der Waals surface area contributed by atoms with Crippen LogP contribution in [-0.2, 0) is 4.74 Å². The van der Waals surface area contributed by atoms with Crippen LogP contribution in [0.3, 0.4) is 0 Å². The van der Waals surface area contributed by atoms with Crippen molar-refractivity contribution in [3.05, 3.63) is 51.1 Å². The number of alkyl carbamates (subject to hydrolysis) is 1. The van der Waals surface area contributed by atoms with E-state index in [0.29, 0.717) is 29.3 Å². The van der Waals surface area contributed by atoms with Gasteiger partial charge in [-0.3, -0.25) is 4.79 Å². The molecule has 0 aromatic heterocycles. The minimum absolute atomic E-state index is 0.00975. The number of amides is 2. The maximum Gasteiger partial charge on any atom is 0.407 e. The van der Waals surface area contributed by atoms with Gasteiger partial charge in [0.05, 0.1) is 17.5 Å². The van der Waals surface area contributed by atoms with Crippen LogP contribution in [0.5, 0.6) is 5.75 Å². The summed E-state index contributed by atoms with van der Waals surface area (Å²) < 4.78 is 40.7. The van der Waals surface area contributed by atoms with E-state index in [0.717, 1.165) is 12.1 Å². The zero-order valence-electron chi connectivity index (χ0n) is 19.2. The van der Waals surface area contributed by atoms with Crippen molar-refractivity contribution in [2.24, 2.45) is 5.73 Å². The van der Waals surface area contributed by atoms with E-state index in [2.05, 4.69) is 10.6 Å². The Balaban J connectivity index is 1.71. The smallest absolute Gasteiger partial charge is 0.407 e. The third kappa shape index (κ3) is 7.18. The van der Waals surface area contributed by atoms with E-state index in [1.807, 2.05) is 22.6 Å². The molecule has 0 saturated heterocycles. The summed E-state index contributed by atoms with van der Waals surface area (Å²) in [6.45, 7) is 5.38. The van der Waals surface area contributed by atoms with E-state index >= 15 is 0 Å². The topological polar surface area (TPSA) is 103 Å². The number of halogens is 3. The van der Waals surface area contributed by atoms with Crippen molar-refractivity contribution in [3.63, 3.8) is 0 Å². The molecule has 0 bridgehead atoms. The Kier molecular flexibility index (Phi) is 8.21. The van der Waals surface area contributed by atoms with Crippen LogP contribution in [0.15, 0.2) is 30.3 Å². The second-order valence-electron chi connectivity index (χ2n) is 9.18. The van der Waals surface area contributed by atoms with Gasteiger partial charge in [0.15, 0.2) is 0 Å². The number of carbonyl (C=O) groups is 2. The lowest BCUT2D eigenvalue weighted by Crippen LogP contribution is -2.42. The van der Waals surface area contributed by atoms with Crippen molar-refractivity contribution < 1.29 is 27.8 Å². The van der Waals surface area contributed by atoms with Crippen LogP contribution in [0.4, 0.5) is 25.0 Å². The first-order valence-corrected chi connectivity index (χ1v) is 12.0. The Morgan fingerprint density at radius 2 is 1.74 bits per heavy atom. The summed E-state index contributed by atoms with van der Waals surface area (Å²) in [5.74, 6) is -2.05. The number of hydrogen-bond donors (Lipinski definition) is 3. The minimum atomic E-state index is -0.830. The highest BCUT2D eigenvalue weighted by Gasteiger charge is 2.27. The molecule has 4 N–H and O–H groups in total. The van der Waals surface area contributed by atoms with E-state index in [1.54, 1.807) is 26.8 Å². The number of primary amides is 1. The standard InChI is InChI=1S/C24H28F2IN3O4/c1-24(2,3)34-23(32)29-15-5-7-16(8-6-15)33-20-11-13(25)10-19(21(20)22(28)31)30-18-9-4-14(27)12-17(18)26/h4,9-12,15-16,30H,5-8H2,1-3H3,(H2,28,31)(H,29,32). The summed E-state index contributed by atoms with van der Waals surface area (Å²) in [6, 6.07) is 6.58. The van der Waals surface area contributed by atoms with Crippen molar-refractivity contribution in [3.8, 4) is 5.75 Å². The van der Waals surface area contributed by atoms with Gasteiger partial charge in [-0.05, 0) is 93.3 Å². The lowest BCUT2D eigenvalue weighted by atomic mass is 9.93. The van der Waals surface area contributed by atoms with Crippen molar-refractivity contribution >= 4 is 46.0 Å². The zero-order valence-corrected chi connectivity index (χ0v) is 21.4. The average Bonchev–Trinajstić information content (AvgIpc) is 2.69. The SMILES string of the molecule is CC(C)(C)OC(=O)NC1CCC(Oc2cc(F)cc(Nc3ccc(I)cc3F)c2C(N)=O)CC1. The molecule has 1 aliphatic rings. The van der Waals surface area contributed by atoms with Crippen LogP contribution >= 0.6 is 22.6 Å². The van der Waals surface area contributed by atoms with Gasteiger partial charge < -0.3 is 25.8 Å². The number of ether oxygens (including phenoxy) is 2. The molecule has 1 saturated carbocycles. The number of carbonyl (C=O) groups excluding carboxylic acids is 2. The molecule has 7 nitrogen and oxygen atoms in total. The van der Waals surface area contributed by atoms with Gasteiger partial charge in [-0.15, -0.1) is 0 Å². The second kappa shape index (κ2) is 10.7. The molecule has 10 heteroatoms. The summed E-state index contributed by atoms with van der Waals surface area (Å²) >= 11 is 1.97. The second-order valence-corrected chi connectivity index (χ2v) is 10.4. The Hall–Kier alpha value is -2.63. The zero-order chi connectivity index (χ0) is 25.0. The third-order valence-electron chi connectivity index (χ3n) is 5.20. The maximum atomic E-state index is 14.4. The first kappa shape index (κ1) is 26.0. The third-order valence-corrected chi connectivity index (χ3v) is 5.87. The number of hydrogen-bond acceptors (Lipinski definition) is 5. The van der Waals surface area contributed by atoms with Crippen LogP contribution in [0.25, 0.3) is 0 Å². The maximum absolute atomic E-state index is 14.4. The van der Waals surface area contributed by atoms with Crippen LogP contribution in [0.1, 0.15) is 56.8 Å². The molecule has 0 unspecified atom stereocenters. The van der Waals surface area contributed by atoms with Gasteiger partial charge in [-0.25, -0.2) is 13.6 Å². The molecule has 184 valence electrons. The lowest BCUT2D eigenvalue weighted by Gasteiger charge is -2.31. The molecule has 2 amide bonds. The fraction of sp³-hybridized carbons (Fsp3) is 0.417. The van der Waals surface area contributed by atoms with Crippen LogP contribution in [-0.4, -0.2) is 29.7 Å². The fourth-order valence-electron chi connectivity index (χ4n) is 3.74. The predicted molar refractivity (Wildman–Crippen MR) is 133 cm³/mol. The van der Waals surface area contributed by atoms with E-state index in [4.69, 9.17) is 15.2 Å². The van der Waals surface area contributed by atoms with Gasteiger partial charge in [0.2, 0.25) is 0 Å². The number of anilines is 2. The first-order valence-electron chi connectivity index (χ1n) is 10.9. The number of nitrogens with two attached hydrogens (primary N) is 1. The molecule has 34 heavy (non-hydrogen) atoms. The molecule has 0 radical (unpaired) electrons. The molecular formula is C24H28F2IN3O4. The van der Waals surface area contributed by atoms with Crippen LogP contribution in [0, 0.1) is 15.2 Å². The normalized spacial score (nSPS) is 18.2. The fourth-order valence-corrected chi connectivity index (χ4v) is 4.20. The Morgan fingerprint density at radius 3 is 2.32 bits per heavy atom. The average molecular weight is 587 g/mol. The first-order chi connectivity index (χ1) is 15.9. The van der Waals surface area contributed by atoms with Gasteiger partial charge in [-0.2, -0.15) is 0 Å². The van der Waals surface area contributed by atoms with E-state index < -0.39 is 29.2 Å². The number of benzene rings is 2. The summed E-state index contributed by atoms with van der Waals surface area (Å²) in [5, 5.41) is 5.60. The Morgan fingerprint density at radius 1 is 1.06 bits per heavy atom. The Bertz CT molecular complexity index is 1070. The highest BCUT2D eigenvalue weighted by atomic mass is 127. The molecule has 3 rings (SSSR count). The molecule has 0 heterocycles. The van der Waals surface area contributed by atoms with Gasteiger partial charge in [-0.1, -0.05) is 0 Å².